The van der Waals surface area contributed by atoms with E-state index in [1.165, 1.54) is 12.1 Å². The van der Waals surface area contributed by atoms with Crippen molar-refractivity contribution in [1.82, 2.24) is 10.4 Å². The number of imide groups is 1. The molecule has 182 valence electrons. The Kier molecular flexibility index (Phi) is 11.2. The molecule has 0 bridgehead atoms. The van der Waals surface area contributed by atoms with Gasteiger partial charge in [-0.25, -0.2) is 4.79 Å². The molecule has 3 amide bonds. The number of hydrogen-bond acceptors (Lipinski definition) is 10. The van der Waals surface area contributed by atoms with E-state index >= 15 is 0 Å². The minimum absolute atomic E-state index is 0. The van der Waals surface area contributed by atoms with Gasteiger partial charge in [-0.2, -0.15) is 8.42 Å². The fourth-order valence-corrected chi connectivity index (χ4v) is 3.67. The van der Waals surface area contributed by atoms with Crippen LogP contribution >= 0.6 is 0 Å². The first kappa shape index (κ1) is 29.6. The van der Waals surface area contributed by atoms with Crippen LogP contribution in [0.15, 0.2) is 18.2 Å². The number of hydrogen-bond donors (Lipinski definition) is 3. The normalized spacial score (nSPS) is 15.6. The topological polar surface area (TPSA) is 211 Å². The number of nitrogens with zero attached hydrogens (tertiary/aromatic N) is 2. The van der Waals surface area contributed by atoms with Crippen LogP contribution in [0, 0.1) is 10.1 Å². The number of nitro groups is 1. The average molecular weight is 511 g/mol. The molecule has 1 aromatic carbocycles. The number of hydroxylamine groups is 2. The molecule has 3 N–H and O–H groups in total. The summed E-state index contributed by atoms with van der Waals surface area (Å²) in [6.07, 6.45) is 0.167. The summed E-state index contributed by atoms with van der Waals surface area (Å²) in [6.45, 7) is -0.378. The maximum absolute atomic E-state index is 12.1. The predicted molar refractivity (Wildman–Crippen MR) is 109 cm³/mol. The first-order chi connectivity index (χ1) is 15.5. The van der Waals surface area contributed by atoms with Gasteiger partial charge >= 0.3 is 35.5 Å². The van der Waals surface area contributed by atoms with Crippen molar-refractivity contribution in [3.05, 3.63) is 39.4 Å². The fourth-order valence-electron chi connectivity index (χ4n) is 2.97. The summed E-state index contributed by atoms with van der Waals surface area (Å²) >= 11 is 0. The average Bonchev–Trinajstić information content (AvgIpc) is 3.03. The summed E-state index contributed by atoms with van der Waals surface area (Å²) in [7, 11) is -4.80. The molecule has 1 atom stereocenters. The number of amides is 3. The van der Waals surface area contributed by atoms with Gasteiger partial charge < -0.3 is 16.7 Å². The SMILES string of the molecule is O=C(CCCCCNC(=O)c1ccc([N+](=O)[O-])c(CO)c1)ON1C(=O)CC(S(=O)(=O)O)C1=O.[H-].[Na+]. The quantitative estimate of drug-likeness (QED) is 0.0679. The molecule has 1 aliphatic heterocycles. The monoisotopic (exact) mass is 511 g/mol. The minimum Gasteiger partial charge on any atom is -1.00 e. The molecular formula is C18H22N3NaO11S. The van der Waals surface area contributed by atoms with Gasteiger partial charge in [0.15, 0.2) is 5.25 Å². The Balaban J connectivity index is 0.00000578. The van der Waals surface area contributed by atoms with Crippen molar-refractivity contribution in [1.29, 1.82) is 0 Å². The number of aliphatic hydroxyl groups excluding tert-OH is 1. The van der Waals surface area contributed by atoms with Gasteiger partial charge in [-0.05, 0) is 25.0 Å². The zero-order chi connectivity index (χ0) is 24.8. The van der Waals surface area contributed by atoms with Crippen LogP contribution in [0.5, 0.6) is 0 Å². The number of nitrogens with one attached hydrogen (secondary N) is 1. The molecule has 0 spiro atoms. The molecule has 1 heterocycles. The van der Waals surface area contributed by atoms with E-state index in [9.17, 15) is 42.8 Å². The maximum Gasteiger partial charge on any atom is 1.00 e. The third-order valence-electron chi connectivity index (χ3n) is 4.67. The second-order valence-electron chi connectivity index (χ2n) is 7.02. The van der Waals surface area contributed by atoms with Crippen LogP contribution in [-0.2, 0) is 35.9 Å². The van der Waals surface area contributed by atoms with E-state index in [2.05, 4.69) is 10.2 Å². The Morgan fingerprint density at radius 1 is 1.26 bits per heavy atom. The zero-order valence-electron chi connectivity index (χ0n) is 19.1. The van der Waals surface area contributed by atoms with Gasteiger partial charge in [-0.15, -0.1) is 5.06 Å². The van der Waals surface area contributed by atoms with Crippen LogP contribution in [-0.4, -0.2) is 63.5 Å². The summed E-state index contributed by atoms with van der Waals surface area (Å²) < 4.78 is 31.0. The van der Waals surface area contributed by atoms with Gasteiger partial charge in [0.05, 0.1) is 23.5 Å². The van der Waals surface area contributed by atoms with Crippen molar-refractivity contribution in [2.24, 2.45) is 0 Å². The molecular weight excluding hydrogens is 489 g/mol. The molecule has 1 fully saturated rings. The Hall–Kier alpha value is -2.43. The first-order valence-electron chi connectivity index (χ1n) is 9.66. The van der Waals surface area contributed by atoms with Gasteiger partial charge in [0.2, 0.25) is 0 Å². The van der Waals surface area contributed by atoms with E-state index in [-0.39, 0.29) is 72.2 Å². The molecule has 0 saturated carbocycles. The van der Waals surface area contributed by atoms with Crippen molar-refractivity contribution in [3.8, 4) is 0 Å². The fraction of sp³-hybridized carbons (Fsp3) is 0.444. The first-order valence-corrected chi connectivity index (χ1v) is 11.2. The van der Waals surface area contributed by atoms with Crippen molar-refractivity contribution in [2.75, 3.05) is 6.54 Å². The molecule has 1 aliphatic rings. The third kappa shape index (κ3) is 7.82. The Morgan fingerprint density at radius 2 is 1.94 bits per heavy atom. The van der Waals surface area contributed by atoms with Crippen LogP contribution in [0.3, 0.4) is 0 Å². The van der Waals surface area contributed by atoms with Crippen LogP contribution < -0.4 is 34.9 Å². The predicted octanol–water partition coefficient (Wildman–Crippen LogP) is -3.03. The van der Waals surface area contributed by atoms with Crippen LogP contribution in [0.25, 0.3) is 0 Å². The number of aliphatic hydroxyl groups is 1. The third-order valence-corrected chi connectivity index (χ3v) is 5.75. The molecule has 2 rings (SSSR count). The van der Waals surface area contributed by atoms with E-state index in [1.54, 1.807) is 0 Å². The van der Waals surface area contributed by atoms with Gasteiger partial charge in [-0.3, -0.25) is 29.1 Å². The van der Waals surface area contributed by atoms with Gasteiger partial charge in [-0.1, -0.05) is 6.42 Å². The molecule has 16 heteroatoms. The van der Waals surface area contributed by atoms with Crippen LogP contribution in [0.2, 0.25) is 0 Å². The van der Waals surface area contributed by atoms with Crippen LogP contribution in [0.4, 0.5) is 5.69 Å². The summed E-state index contributed by atoms with van der Waals surface area (Å²) in [5.74, 6) is -3.85. The van der Waals surface area contributed by atoms with E-state index in [0.717, 1.165) is 6.07 Å². The molecule has 34 heavy (non-hydrogen) atoms. The second-order valence-corrected chi connectivity index (χ2v) is 8.62. The van der Waals surface area contributed by atoms with E-state index < -0.39 is 57.0 Å². The van der Waals surface area contributed by atoms with Gasteiger partial charge in [0.1, 0.15) is 0 Å². The largest absolute Gasteiger partial charge is 1.00 e. The molecule has 0 aromatic heterocycles. The zero-order valence-corrected chi connectivity index (χ0v) is 20.9. The van der Waals surface area contributed by atoms with E-state index in [1.807, 2.05) is 0 Å². The van der Waals surface area contributed by atoms with E-state index in [0.29, 0.717) is 12.8 Å². The summed E-state index contributed by atoms with van der Waals surface area (Å²) in [6, 6.07) is 3.60. The van der Waals surface area contributed by atoms with Crippen molar-refractivity contribution in [3.63, 3.8) is 0 Å². The second kappa shape index (κ2) is 12.9. The number of benzene rings is 1. The molecule has 0 radical (unpaired) electrons. The van der Waals surface area contributed by atoms with Crippen LogP contribution in [0.1, 0.15) is 49.5 Å². The molecule has 1 aromatic rings. The number of carbonyl (C=O) groups is 4. The van der Waals surface area contributed by atoms with Crippen molar-refractivity contribution in [2.45, 2.75) is 44.0 Å². The number of unbranched alkanes of at least 4 members (excludes halogenated alkanes) is 2. The Labute approximate surface area is 217 Å². The molecule has 1 unspecified atom stereocenters. The maximum atomic E-state index is 12.1. The summed E-state index contributed by atoms with van der Waals surface area (Å²) in [5, 5.41) is 20.7. The Bertz CT molecular complexity index is 1080. The van der Waals surface area contributed by atoms with Gasteiger partial charge in [0, 0.05) is 24.6 Å². The Morgan fingerprint density at radius 3 is 2.50 bits per heavy atom. The number of nitro benzene ring substituents is 1. The number of carbonyl (C=O) groups excluding carboxylic acids is 4. The minimum atomic E-state index is -4.80. The van der Waals surface area contributed by atoms with Crippen molar-refractivity contribution < 1.29 is 78.0 Å². The molecule has 1 saturated heterocycles. The van der Waals surface area contributed by atoms with Crippen molar-refractivity contribution >= 4 is 39.5 Å². The molecule has 14 nitrogen and oxygen atoms in total. The summed E-state index contributed by atoms with van der Waals surface area (Å²) in [4.78, 5) is 62.1. The molecule has 0 aliphatic carbocycles. The van der Waals surface area contributed by atoms with Gasteiger partial charge in [0.25, 0.3) is 33.5 Å². The van der Waals surface area contributed by atoms with E-state index in [4.69, 9.17) is 4.55 Å². The summed E-state index contributed by atoms with van der Waals surface area (Å²) in [5.41, 5.74) is -0.160. The standard InChI is InChI=1S/C18H21N3O11S.Na.H/c22-10-12-8-11(5-6-13(12)21(27)28)17(25)19-7-3-1-2-4-16(24)32-20-15(23)9-14(18(20)26)33(29,30)31;;/h5-6,8,14,22H,1-4,7,9-10H2,(H,19,25)(H,29,30,31);;/q;+1;-1. The smallest absolute Gasteiger partial charge is 1.00 e. The number of rotatable bonds is 11.